The number of benzene rings is 1. The molecule has 27 heavy (non-hydrogen) atoms. The van der Waals surface area contributed by atoms with Crippen LogP contribution in [0.5, 0.6) is 0 Å². The summed E-state index contributed by atoms with van der Waals surface area (Å²) in [5.41, 5.74) is 2.78. The first-order chi connectivity index (χ1) is 13.2. The third-order valence-corrected chi connectivity index (χ3v) is 4.74. The van der Waals surface area contributed by atoms with Gasteiger partial charge in [-0.3, -0.25) is 0 Å². The number of ether oxygens (including phenoxy) is 1. The van der Waals surface area contributed by atoms with Gasteiger partial charge in [0.1, 0.15) is 11.9 Å². The van der Waals surface area contributed by atoms with E-state index in [9.17, 15) is 4.79 Å². The maximum Gasteiger partial charge on any atom is 0.341 e. The Morgan fingerprint density at radius 2 is 1.59 bits per heavy atom. The molecule has 1 aromatic carbocycles. The molecule has 0 spiro atoms. The van der Waals surface area contributed by atoms with E-state index in [1.54, 1.807) is 12.4 Å². The van der Waals surface area contributed by atoms with Crippen LogP contribution in [-0.2, 0) is 17.6 Å². The molecule has 0 N–H and O–H groups in total. The Balaban J connectivity index is 1.95. The van der Waals surface area contributed by atoms with Crippen LogP contribution in [0, 0.1) is 0 Å². The Kier molecular flexibility index (Phi) is 8.96. The number of carbonyl (C=O) groups excluding carboxylic acids is 1. The van der Waals surface area contributed by atoms with E-state index in [2.05, 4.69) is 48.1 Å². The Hall–Kier alpha value is -2.23. The highest BCUT2D eigenvalue weighted by Crippen LogP contribution is 2.23. The largest absolute Gasteiger partial charge is 0.454 e. The van der Waals surface area contributed by atoms with E-state index >= 15 is 0 Å². The Morgan fingerprint density at radius 1 is 0.926 bits per heavy atom. The van der Waals surface area contributed by atoms with Gasteiger partial charge < -0.3 is 4.74 Å². The Bertz CT molecular complexity index is 681. The lowest BCUT2D eigenvalue weighted by molar-refractivity contribution is 0.0287. The quantitative estimate of drug-likeness (QED) is 0.368. The lowest BCUT2D eigenvalue weighted by Gasteiger charge is -2.17. The van der Waals surface area contributed by atoms with Gasteiger partial charge >= 0.3 is 5.97 Å². The summed E-state index contributed by atoms with van der Waals surface area (Å²) in [5.74, 6) is 0.412. The zero-order valence-electron chi connectivity index (χ0n) is 16.9. The van der Waals surface area contributed by atoms with Crippen LogP contribution in [0.25, 0.3) is 0 Å². The number of esters is 1. The SMILES string of the molecule is CCCCCc1ccc(C(CC)OC(=O)c2cnc(CCCC)nc2)cc1. The highest BCUT2D eigenvalue weighted by Gasteiger charge is 2.17. The first-order valence-electron chi connectivity index (χ1n) is 10.3. The maximum atomic E-state index is 12.5. The summed E-state index contributed by atoms with van der Waals surface area (Å²) in [6.07, 6.45) is 11.4. The van der Waals surface area contributed by atoms with Crippen LogP contribution in [0.4, 0.5) is 0 Å². The number of aromatic nitrogens is 2. The third-order valence-electron chi connectivity index (χ3n) is 4.74. The molecule has 1 atom stereocenters. The third kappa shape index (κ3) is 6.78. The van der Waals surface area contributed by atoms with Crippen LogP contribution in [0.1, 0.15) is 92.7 Å². The minimum atomic E-state index is -0.365. The van der Waals surface area contributed by atoms with E-state index in [0.29, 0.717) is 5.56 Å². The van der Waals surface area contributed by atoms with Gasteiger partial charge in [-0.1, -0.05) is 64.3 Å². The van der Waals surface area contributed by atoms with Crippen molar-refractivity contribution in [2.75, 3.05) is 0 Å². The second-order valence-corrected chi connectivity index (χ2v) is 6.99. The van der Waals surface area contributed by atoms with Crippen molar-refractivity contribution in [1.29, 1.82) is 0 Å². The summed E-state index contributed by atoms with van der Waals surface area (Å²) in [5, 5.41) is 0. The van der Waals surface area contributed by atoms with Gasteiger partial charge in [-0.2, -0.15) is 0 Å². The molecular weight excluding hydrogens is 336 g/mol. The number of hydrogen-bond acceptors (Lipinski definition) is 4. The van der Waals surface area contributed by atoms with Crippen LogP contribution in [-0.4, -0.2) is 15.9 Å². The second kappa shape index (κ2) is 11.5. The van der Waals surface area contributed by atoms with Crippen LogP contribution < -0.4 is 0 Å². The van der Waals surface area contributed by atoms with Crippen molar-refractivity contribution in [2.45, 2.75) is 78.2 Å². The Labute approximate surface area is 163 Å². The number of carbonyl (C=O) groups is 1. The molecule has 4 nitrogen and oxygen atoms in total. The molecule has 4 heteroatoms. The molecule has 0 fully saturated rings. The number of rotatable bonds is 11. The summed E-state index contributed by atoms with van der Waals surface area (Å²) in [6.45, 7) is 6.37. The van der Waals surface area contributed by atoms with Crippen molar-refractivity contribution in [3.8, 4) is 0 Å². The van der Waals surface area contributed by atoms with Gasteiger partial charge in [0, 0.05) is 18.8 Å². The molecule has 2 aromatic rings. The fourth-order valence-corrected chi connectivity index (χ4v) is 2.99. The van der Waals surface area contributed by atoms with Gasteiger partial charge in [-0.05, 0) is 36.8 Å². The van der Waals surface area contributed by atoms with Crippen molar-refractivity contribution in [2.24, 2.45) is 0 Å². The molecule has 0 bridgehead atoms. The van der Waals surface area contributed by atoms with E-state index in [1.807, 2.05) is 6.92 Å². The van der Waals surface area contributed by atoms with Crippen LogP contribution in [0.15, 0.2) is 36.7 Å². The van der Waals surface area contributed by atoms with Crippen molar-refractivity contribution < 1.29 is 9.53 Å². The highest BCUT2D eigenvalue weighted by atomic mass is 16.5. The van der Waals surface area contributed by atoms with Crippen LogP contribution >= 0.6 is 0 Å². The summed E-state index contributed by atoms with van der Waals surface area (Å²) >= 11 is 0. The summed E-state index contributed by atoms with van der Waals surface area (Å²) in [4.78, 5) is 21.0. The Morgan fingerprint density at radius 3 is 2.19 bits per heavy atom. The predicted octanol–water partition coefficient (Wildman–Crippen LogP) is 5.86. The van der Waals surface area contributed by atoms with E-state index in [1.165, 1.54) is 24.8 Å². The number of nitrogens with zero attached hydrogens (tertiary/aromatic N) is 2. The number of unbranched alkanes of at least 4 members (excludes halogenated alkanes) is 3. The summed E-state index contributed by atoms with van der Waals surface area (Å²) in [7, 11) is 0. The molecular formula is C23H32N2O2. The minimum Gasteiger partial charge on any atom is -0.454 e. The lowest BCUT2D eigenvalue weighted by Crippen LogP contribution is -2.12. The smallest absolute Gasteiger partial charge is 0.341 e. The molecule has 1 heterocycles. The molecule has 2 rings (SSSR count). The normalized spacial score (nSPS) is 12.0. The molecule has 0 aliphatic carbocycles. The van der Waals surface area contributed by atoms with E-state index < -0.39 is 0 Å². The van der Waals surface area contributed by atoms with Gasteiger partial charge in [0.15, 0.2) is 0 Å². The van der Waals surface area contributed by atoms with Gasteiger partial charge in [0.25, 0.3) is 0 Å². The molecule has 1 aromatic heterocycles. The first kappa shape index (κ1) is 21.1. The number of aryl methyl sites for hydroxylation is 2. The molecule has 0 amide bonds. The van der Waals surface area contributed by atoms with Crippen molar-refractivity contribution in [3.05, 3.63) is 59.2 Å². The van der Waals surface area contributed by atoms with Crippen molar-refractivity contribution in [1.82, 2.24) is 9.97 Å². The minimum absolute atomic E-state index is 0.248. The summed E-state index contributed by atoms with van der Waals surface area (Å²) in [6, 6.07) is 8.44. The number of hydrogen-bond donors (Lipinski definition) is 0. The second-order valence-electron chi connectivity index (χ2n) is 6.99. The topological polar surface area (TPSA) is 52.1 Å². The molecule has 146 valence electrons. The molecule has 1 unspecified atom stereocenters. The highest BCUT2D eigenvalue weighted by molar-refractivity contribution is 5.88. The fourth-order valence-electron chi connectivity index (χ4n) is 2.99. The first-order valence-corrected chi connectivity index (χ1v) is 10.3. The van der Waals surface area contributed by atoms with Gasteiger partial charge in [0.2, 0.25) is 0 Å². The average molecular weight is 369 g/mol. The molecule has 0 aliphatic heterocycles. The summed E-state index contributed by atoms with van der Waals surface area (Å²) < 4.78 is 5.71. The van der Waals surface area contributed by atoms with Gasteiger partial charge in [0.05, 0.1) is 5.56 Å². The van der Waals surface area contributed by atoms with E-state index in [0.717, 1.165) is 43.5 Å². The standard InChI is InChI=1S/C23H32N2O2/c1-4-7-9-10-18-12-14-19(15-13-18)21(6-3)27-23(26)20-16-24-22(25-17-20)11-8-5-2/h12-17,21H,4-11H2,1-3H3. The molecule has 0 aliphatic rings. The van der Waals surface area contributed by atoms with E-state index in [4.69, 9.17) is 4.74 Å². The maximum absolute atomic E-state index is 12.5. The van der Waals surface area contributed by atoms with Gasteiger partial charge in [-0.15, -0.1) is 0 Å². The monoisotopic (exact) mass is 368 g/mol. The zero-order valence-corrected chi connectivity index (χ0v) is 16.9. The lowest BCUT2D eigenvalue weighted by atomic mass is 10.0. The zero-order chi connectivity index (χ0) is 19.5. The van der Waals surface area contributed by atoms with Crippen LogP contribution in [0.3, 0.4) is 0 Å². The molecule has 0 saturated carbocycles. The molecule has 0 radical (unpaired) electrons. The van der Waals surface area contributed by atoms with E-state index in [-0.39, 0.29) is 12.1 Å². The van der Waals surface area contributed by atoms with Crippen LogP contribution in [0.2, 0.25) is 0 Å². The fraction of sp³-hybridized carbons (Fsp3) is 0.522. The molecule has 0 saturated heterocycles. The van der Waals surface area contributed by atoms with Crippen molar-refractivity contribution >= 4 is 5.97 Å². The van der Waals surface area contributed by atoms with Gasteiger partial charge in [-0.25, -0.2) is 14.8 Å². The average Bonchev–Trinajstić information content (AvgIpc) is 2.71. The van der Waals surface area contributed by atoms with Crippen molar-refractivity contribution in [3.63, 3.8) is 0 Å². The predicted molar refractivity (Wildman–Crippen MR) is 109 cm³/mol.